The zero-order chi connectivity index (χ0) is 16.8. The van der Waals surface area contributed by atoms with Gasteiger partial charge in [0.15, 0.2) is 0 Å². The van der Waals surface area contributed by atoms with Gasteiger partial charge in [-0.15, -0.1) is 18.3 Å². The molecule has 2 aromatic carbocycles. The fourth-order valence-corrected chi connectivity index (χ4v) is 3.30. The highest BCUT2D eigenvalue weighted by molar-refractivity contribution is 7.99. The molecule has 0 aromatic heterocycles. The lowest BCUT2D eigenvalue weighted by molar-refractivity contribution is 0.0937. The van der Waals surface area contributed by atoms with Gasteiger partial charge < -0.3 is 5.32 Å². The van der Waals surface area contributed by atoms with Gasteiger partial charge in [-0.3, -0.25) is 4.79 Å². The summed E-state index contributed by atoms with van der Waals surface area (Å²) in [6, 6.07) is 14.0. The van der Waals surface area contributed by atoms with E-state index in [1.54, 1.807) is 11.8 Å². The molecule has 2 nitrogen and oxygen atoms in total. The molecule has 0 spiro atoms. The van der Waals surface area contributed by atoms with Crippen LogP contribution < -0.4 is 5.32 Å². The van der Waals surface area contributed by atoms with E-state index in [0.717, 1.165) is 21.8 Å². The van der Waals surface area contributed by atoms with Crippen molar-refractivity contribution in [3.8, 4) is 0 Å². The van der Waals surface area contributed by atoms with Crippen LogP contribution in [0.3, 0.4) is 0 Å². The third-order valence-corrected chi connectivity index (χ3v) is 4.81. The summed E-state index contributed by atoms with van der Waals surface area (Å²) in [5.41, 5.74) is 4.28. The Bertz CT molecular complexity index is 709. The van der Waals surface area contributed by atoms with Gasteiger partial charge in [0.05, 0.1) is 11.6 Å². The summed E-state index contributed by atoms with van der Waals surface area (Å²) in [5.74, 6) is 0.752. The number of benzene rings is 2. The molecule has 0 aliphatic heterocycles. The van der Waals surface area contributed by atoms with Crippen LogP contribution in [0.25, 0.3) is 0 Å². The molecule has 0 aliphatic carbocycles. The average Bonchev–Trinajstić information content (AvgIpc) is 2.55. The summed E-state index contributed by atoms with van der Waals surface area (Å²) in [5, 5.41) is 3.12. The van der Waals surface area contributed by atoms with Crippen molar-refractivity contribution in [3.05, 3.63) is 77.4 Å². The molecule has 0 aliphatic rings. The number of amides is 1. The van der Waals surface area contributed by atoms with E-state index in [2.05, 4.69) is 43.9 Å². The van der Waals surface area contributed by atoms with Crippen LogP contribution in [0, 0.1) is 13.8 Å². The number of hydrogen-bond acceptors (Lipinski definition) is 2. The highest BCUT2D eigenvalue weighted by atomic mass is 32.2. The number of hydrogen-bond donors (Lipinski definition) is 1. The third kappa shape index (κ3) is 4.49. The second kappa shape index (κ2) is 8.02. The molecule has 0 bridgehead atoms. The normalized spacial score (nSPS) is 11.8. The van der Waals surface area contributed by atoms with Crippen molar-refractivity contribution in [2.75, 3.05) is 5.75 Å². The standard InChI is InChI=1S/C20H23NOS/c1-5-12-23-19-9-7-6-8-17(19)20(22)21-16(4)18-13-14(2)10-11-15(18)3/h5-11,13,16H,1,12H2,2-4H3,(H,21,22). The smallest absolute Gasteiger partial charge is 0.252 e. The van der Waals surface area contributed by atoms with E-state index >= 15 is 0 Å². The zero-order valence-electron chi connectivity index (χ0n) is 13.9. The molecular weight excluding hydrogens is 302 g/mol. The average molecular weight is 325 g/mol. The van der Waals surface area contributed by atoms with Gasteiger partial charge in [-0.2, -0.15) is 0 Å². The minimum absolute atomic E-state index is 0.0279. The van der Waals surface area contributed by atoms with Crippen molar-refractivity contribution < 1.29 is 4.79 Å². The second-order valence-electron chi connectivity index (χ2n) is 5.65. The molecule has 2 rings (SSSR count). The van der Waals surface area contributed by atoms with Gasteiger partial charge in [0.2, 0.25) is 0 Å². The first-order chi connectivity index (χ1) is 11.0. The molecule has 0 saturated heterocycles. The molecule has 1 N–H and O–H groups in total. The Balaban J connectivity index is 2.18. The number of aryl methyl sites for hydroxylation is 2. The van der Waals surface area contributed by atoms with E-state index in [0.29, 0.717) is 0 Å². The fourth-order valence-electron chi connectivity index (χ4n) is 2.51. The lowest BCUT2D eigenvalue weighted by atomic mass is 10.00. The molecule has 1 atom stereocenters. The van der Waals surface area contributed by atoms with E-state index in [1.807, 2.05) is 37.3 Å². The molecule has 2 aromatic rings. The highest BCUT2D eigenvalue weighted by Crippen LogP contribution is 2.24. The molecule has 0 radical (unpaired) electrons. The topological polar surface area (TPSA) is 29.1 Å². The third-order valence-electron chi connectivity index (χ3n) is 3.74. The Morgan fingerprint density at radius 1 is 1.26 bits per heavy atom. The van der Waals surface area contributed by atoms with Crippen LogP contribution in [0.15, 0.2) is 60.0 Å². The first-order valence-corrected chi connectivity index (χ1v) is 8.72. The largest absolute Gasteiger partial charge is 0.345 e. The van der Waals surface area contributed by atoms with Crippen molar-refractivity contribution in [3.63, 3.8) is 0 Å². The lowest BCUT2D eigenvalue weighted by Gasteiger charge is -2.18. The fraction of sp³-hybridized carbons (Fsp3) is 0.250. The Morgan fingerprint density at radius 3 is 2.74 bits per heavy atom. The summed E-state index contributed by atoms with van der Waals surface area (Å²) in [6.45, 7) is 9.90. The molecular formula is C20H23NOS. The highest BCUT2D eigenvalue weighted by Gasteiger charge is 2.16. The van der Waals surface area contributed by atoms with Crippen molar-refractivity contribution in [1.29, 1.82) is 0 Å². The number of nitrogens with one attached hydrogen (secondary N) is 1. The van der Waals surface area contributed by atoms with E-state index < -0.39 is 0 Å². The second-order valence-corrected chi connectivity index (χ2v) is 6.71. The van der Waals surface area contributed by atoms with Gasteiger partial charge in [0, 0.05) is 10.6 Å². The minimum atomic E-state index is -0.0365. The van der Waals surface area contributed by atoms with E-state index in [-0.39, 0.29) is 11.9 Å². The van der Waals surface area contributed by atoms with Crippen molar-refractivity contribution in [2.24, 2.45) is 0 Å². The minimum Gasteiger partial charge on any atom is -0.345 e. The van der Waals surface area contributed by atoms with E-state index in [4.69, 9.17) is 0 Å². The monoisotopic (exact) mass is 325 g/mol. The molecule has 0 heterocycles. The van der Waals surface area contributed by atoms with E-state index in [1.165, 1.54) is 11.1 Å². The Hall–Kier alpha value is -2.00. The van der Waals surface area contributed by atoms with Crippen LogP contribution in [-0.4, -0.2) is 11.7 Å². The van der Waals surface area contributed by atoms with Gasteiger partial charge in [0.25, 0.3) is 5.91 Å². The van der Waals surface area contributed by atoms with Crippen LogP contribution in [0.1, 0.15) is 40.0 Å². The molecule has 1 unspecified atom stereocenters. The maximum atomic E-state index is 12.7. The molecule has 120 valence electrons. The van der Waals surface area contributed by atoms with Crippen LogP contribution in [0.2, 0.25) is 0 Å². The quantitative estimate of drug-likeness (QED) is 0.593. The van der Waals surface area contributed by atoms with Crippen LogP contribution in [-0.2, 0) is 0 Å². The first kappa shape index (κ1) is 17.4. The Kier molecular flexibility index (Phi) is 6.05. The Labute approximate surface area is 143 Å². The summed E-state index contributed by atoms with van der Waals surface area (Å²) in [4.78, 5) is 13.6. The maximum Gasteiger partial charge on any atom is 0.252 e. The van der Waals surface area contributed by atoms with Gasteiger partial charge in [-0.05, 0) is 44.0 Å². The summed E-state index contributed by atoms with van der Waals surface area (Å²) >= 11 is 1.62. The van der Waals surface area contributed by atoms with Gasteiger partial charge >= 0.3 is 0 Å². The molecule has 3 heteroatoms. The van der Waals surface area contributed by atoms with Gasteiger partial charge in [0.1, 0.15) is 0 Å². The number of carbonyl (C=O) groups excluding carboxylic acids is 1. The first-order valence-electron chi connectivity index (χ1n) is 7.73. The van der Waals surface area contributed by atoms with Crippen LogP contribution in [0.5, 0.6) is 0 Å². The lowest BCUT2D eigenvalue weighted by Crippen LogP contribution is -2.27. The summed E-state index contributed by atoms with van der Waals surface area (Å²) in [6.07, 6.45) is 1.85. The van der Waals surface area contributed by atoms with Crippen LogP contribution >= 0.6 is 11.8 Å². The maximum absolute atomic E-state index is 12.7. The van der Waals surface area contributed by atoms with Gasteiger partial charge in [-0.1, -0.05) is 42.0 Å². The van der Waals surface area contributed by atoms with E-state index in [9.17, 15) is 4.79 Å². The van der Waals surface area contributed by atoms with Crippen LogP contribution in [0.4, 0.5) is 0 Å². The van der Waals surface area contributed by atoms with Gasteiger partial charge in [-0.25, -0.2) is 0 Å². The SMILES string of the molecule is C=CCSc1ccccc1C(=O)NC(C)c1cc(C)ccc1C. The summed E-state index contributed by atoms with van der Waals surface area (Å²) < 4.78 is 0. The van der Waals surface area contributed by atoms with Crippen molar-refractivity contribution in [2.45, 2.75) is 31.7 Å². The van der Waals surface area contributed by atoms with Crippen molar-refractivity contribution >= 4 is 17.7 Å². The Morgan fingerprint density at radius 2 is 2.00 bits per heavy atom. The molecule has 0 fully saturated rings. The predicted molar refractivity (Wildman–Crippen MR) is 99.2 cm³/mol. The molecule has 1 amide bonds. The predicted octanol–water partition coefficient (Wildman–Crippen LogP) is 5.07. The molecule has 23 heavy (non-hydrogen) atoms. The number of rotatable bonds is 6. The summed E-state index contributed by atoms with van der Waals surface area (Å²) in [7, 11) is 0. The van der Waals surface area contributed by atoms with Crippen molar-refractivity contribution in [1.82, 2.24) is 5.32 Å². The number of thioether (sulfide) groups is 1. The molecule has 0 saturated carbocycles. The number of carbonyl (C=O) groups is 1. The zero-order valence-corrected chi connectivity index (χ0v) is 14.7.